The number of amides is 1. The second kappa shape index (κ2) is 7.95. The van der Waals surface area contributed by atoms with Crippen molar-refractivity contribution in [3.63, 3.8) is 0 Å². The van der Waals surface area contributed by atoms with Crippen LogP contribution in [0.1, 0.15) is 30.4 Å². The van der Waals surface area contributed by atoms with E-state index in [0.29, 0.717) is 17.5 Å². The van der Waals surface area contributed by atoms with E-state index in [2.05, 4.69) is 17.3 Å². The summed E-state index contributed by atoms with van der Waals surface area (Å²) >= 11 is 6.22. The summed E-state index contributed by atoms with van der Waals surface area (Å²) in [4.78, 5) is 14.4. The van der Waals surface area contributed by atoms with E-state index in [1.807, 2.05) is 26.0 Å². The Morgan fingerprint density at radius 2 is 2.05 bits per heavy atom. The van der Waals surface area contributed by atoms with Crippen LogP contribution in [0.4, 0.5) is 5.69 Å². The van der Waals surface area contributed by atoms with Gasteiger partial charge in [-0.3, -0.25) is 4.79 Å². The minimum absolute atomic E-state index is 0.00719. The summed E-state index contributed by atoms with van der Waals surface area (Å²) in [5.41, 5.74) is 2.82. The molecular weight excluding hydrogens is 300 g/mol. The Kier molecular flexibility index (Phi) is 6.24. The molecule has 0 radical (unpaired) electrons. The van der Waals surface area contributed by atoms with Crippen LogP contribution >= 0.6 is 11.6 Å². The minimum Gasteiger partial charge on any atom is -0.381 e. The second-order valence-corrected chi connectivity index (χ2v) is 6.47. The standard InChI is InChI=1S/C17H25ClN2O2/c1-12-10-13(2)17(15(18)11-12)19-16(21)4-7-20(3)14-5-8-22-9-6-14/h10-11,14H,4-9H2,1-3H3,(H,19,21). The Labute approximate surface area is 137 Å². The van der Waals surface area contributed by atoms with Crippen molar-refractivity contribution < 1.29 is 9.53 Å². The molecule has 0 unspecified atom stereocenters. The number of nitrogens with one attached hydrogen (secondary N) is 1. The van der Waals surface area contributed by atoms with Gasteiger partial charge in [0, 0.05) is 32.2 Å². The quantitative estimate of drug-likeness (QED) is 0.902. The molecule has 22 heavy (non-hydrogen) atoms. The molecule has 1 aromatic rings. The third-order valence-electron chi connectivity index (χ3n) is 4.20. The maximum atomic E-state index is 12.2. The normalized spacial score (nSPS) is 16.0. The lowest BCUT2D eigenvalue weighted by Gasteiger charge is -2.31. The average Bonchev–Trinajstić information content (AvgIpc) is 2.49. The van der Waals surface area contributed by atoms with Crippen molar-refractivity contribution in [1.29, 1.82) is 0 Å². The van der Waals surface area contributed by atoms with Gasteiger partial charge in [0.25, 0.3) is 0 Å². The highest BCUT2D eigenvalue weighted by Crippen LogP contribution is 2.27. The third-order valence-corrected chi connectivity index (χ3v) is 4.50. The summed E-state index contributed by atoms with van der Waals surface area (Å²) < 4.78 is 5.37. The molecule has 2 rings (SSSR count). The van der Waals surface area contributed by atoms with E-state index >= 15 is 0 Å². The van der Waals surface area contributed by atoms with Crippen molar-refractivity contribution in [2.45, 2.75) is 39.2 Å². The maximum absolute atomic E-state index is 12.2. The van der Waals surface area contributed by atoms with Crippen molar-refractivity contribution >= 4 is 23.2 Å². The summed E-state index contributed by atoms with van der Waals surface area (Å²) in [7, 11) is 2.08. The van der Waals surface area contributed by atoms with Gasteiger partial charge in [-0.2, -0.15) is 0 Å². The number of carbonyl (C=O) groups excluding carboxylic acids is 1. The molecular formula is C17H25ClN2O2. The molecule has 1 N–H and O–H groups in total. The number of aryl methyl sites for hydroxylation is 2. The topological polar surface area (TPSA) is 41.6 Å². The van der Waals surface area contributed by atoms with Gasteiger partial charge < -0.3 is 15.0 Å². The average molecular weight is 325 g/mol. The van der Waals surface area contributed by atoms with Gasteiger partial charge in [-0.1, -0.05) is 17.7 Å². The van der Waals surface area contributed by atoms with Crippen molar-refractivity contribution in [3.05, 3.63) is 28.3 Å². The zero-order valence-corrected chi connectivity index (χ0v) is 14.4. The maximum Gasteiger partial charge on any atom is 0.225 e. The van der Waals surface area contributed by atoms with Crippen molar-refractivity contribution in [1.82, 2.24) is 4.90 Å². The molecule has 1 aromatic carbocycles. The van der Waals surface area contributed by atoms with Crippen LogP contribution in [0.2, 0.25) is 5.02 Å². The number of halogens is 1. The van der Waals surface area contributed by atoms with Crippen LogP contribution < -0.4 is 5.32 Å². The predicted molar refractivity (Wildman–Crippen MR) is 90.6 cm³/mol. The highest BCUT2D eigenvalue weighted by Gasteiger charge is 2.19. The number of hydrogen-bond donors (Lipinski definition) is 1. The summed E-state index contributed by atoms with van der Waals surface area (Å²) in [6.45, 7) is 6.34. The Bertz CT molecular complexity index is 504. The van der Waals surface area contributed by atoms with Gasteiger partial charge in [-0.15, -0.1) is 0 Å². The molecule has 1 amide bonds. The molecule has 0 saturated carbocycles. The fourth-order valence-corrected chi connectivity index (χ4v) is 3.23. The molecule has 1 saturated heterocycles. The van der Waals surface area contributed by atoms with Crippen LogP contribution in [0.3, 0.4) is 0 Å². The van der Waals surface area contributed by atoms with Crippen LogP contribution in [-0.4, -0.2) is 43.7 Å². The molecule has 0 aliphatic carbocycles. The molecule has 1 aliphatic heterocycles. The summed E-state index contributed by atoms with van der Waals surface area (Å²) in [5, 5.41) is 3.54. The van der Waals surface area contributed by atoms with Crippen LogP contribution in [0.25, 0.3) is 0 Å². The van der Waals surface area contributed by atoms with Gasteiger partial charge in [-0.05, 0) is 50.9 Å². The zero-order valence-electron chi connectivity index (χ0n) is 13.6. The number of hydrogen-bond acceptors (Lipinski definition) is 3. The van der Waals surface area contributed by atoms with Gasteiger partial charge in [0.15, 0.2) is 0 Å². The van der Waals surface area contributed by atoms with E-state index in [-0.39, 0.29) is 5.91 Å². The molecule has 0 atom stereocenters. The molecule has 122 valence electrons. The Morgan fingerprint density at radius 1 is 1.36 bits per heavy atom. The predicted octanol–water partition coefficient (Wildman–Crippen LogP) is 3.40. The lowest BCUT2D eigenvalue weighted by Crippen LogP contribution is -2.38. The second-order valence-electron chi connectivity index (χ2n) is 6.06. The van der Waals surface area contributed by atoms with Gasteiger partial charge in [-0.25, -0.2) is 0 Å². The molecule has 0 bridgehead atoms. The van der Waals surface area contributed by atoms with Crippen LogP contribution in [-0.2, 0) is 9.53 Å². The Morgan fingerprint density at radius 3 is 2.68 bits per heavy atom. The number of rotatable bonds is 5. The van der Waals surface area contributed by atoms with Crippen molar-refractivity contribution in [2.24, 2.45) is 0 Å². The SMILES string of the molecule is Cc1cc(C)c(NC(=O)CCN(C)C2CCOCC2)c(Cl)c1. The van der Waals surface area contributed by atoms with Gasteiger partial charge in [0.2, 0.25) is 5.91 Å². The summed E-state index contributed by atoms with van der Waals surface area (Å²) in [6.07, 6.45) is 2.56. The minimum atomic E-state index is 0.00719. The summed E-state index contributed by atoms with van der Waals surface area (Å²) in [5.74, 6) is 0.00719. The Balaban J connectivity index is 1.85. The summed E-state index contributed by atoms with van der Waals surface area (Å²) in [6, 6.07) is 4.42. The first-order chi connectivity index (χ1) is 10.5. The smallest absolute Gasteiger partial charge is 0.225 e. The van der Waals surface area contributed by atoms with Crippen LogP contribution in [0, 0.1) is 13.8 Å². The van der Waals surface area contributed by atoms with Crippen LogP contribution in [0.15, 0.2) is 12.1 Å². The number of ether oxygens (including phenoxy) is 1. The molecule has 5 heteroatoms. The number of anilines is 1. The largest absolute Gasteiger partial charge is 0.381 e. The lowest BCUT2D eigenvalue weighted by atomic mass is 10.1. The van der Waals surface area contributed by atoms with Gasteiger partial charge in [0.05, 0.1) is 10.7 Å². The molecule has 1 fully saturated rings. The monoisotopic (exact) mass is 324 g/mol. The first-order valence-corrected chi connectivity index (χ1v) is 8.19. The first-order valence-electron chi connectivity index (χ1n) is 7.82. The number of carbonyl (C=O) groups is 1. The fourth-order valence-electron chi connectivity index (χ4n) is 2.86. The van der Waals surface area contributed by atoms with E-state index in [1.165, 1.54) is 0 Å². The van der Waals surface area contributed by atoms with E-state index < -0.39 is 0 Å². The first kappa shape index (κ1) is 17.3. The number of nitrogens with zero attached hydrogens (tertiary/aromatic N) is 1. The third kappa shape index (κ3) is 4.70. The van der Waals surface area contributed by atoms with E-state index in [0.717, 1.165) is 49.4 Å². The zero-order chi connectivity index (χ0) is 16.1. The van der Waals surface area contributed by atoms with E-state index in [1.54, 1.807) is 0 Å². The van der Waals surface area contributed by atoms with E-state index in [9.17, 15) is 4.79 Å². The van der Waals surface area contributed by atoms with E-state index in [4.69, 9.17) is 16.3 Å². The van der Waals surface area contributed by atoms with Crippen LogP contribution in [0.5, 0.6) is 0 Å². The van der Waals surface area contributed by atoms with Crippen molar-refractivity contribution in [2.75, 3.05) is 32.1 Å². The Hall–Kier alpha value is -1.10. The molecule has 4 nitrogen and oxygen atoms in total. The fraction of sp³-hybridized carbons (Fsp3) is 0.588. The van der Waals surface area contributed by atoms with Gasteiger partial charge in [0.1, 0.15) is 0 Å². The number of benzene rings is 1. The molecule has 1 heterocycles. The van der Waals surface area contributed by atoms with Gasteiger partial charge >= 0.3 is 0 Å². The lowest BCUT2D eigenvalue weighted by molar-refractivity contribution is -0.116. The van der Waals surface area contributed by atoms with Crippen molar-refractivity contribution in [3.8, 4) is 0 Å². The highest BCUT2D eigenvalue weighted by molar-refractivity contribution is 6.34. The molecule has 0 aromatic heterocycles. The molecule has 1 aliphatic rings. The highest BCUT2D eigenvalue weighted by atomic mass is 35.5. The molecule has 0 spiro atoms.